The summed E-state index contributed by atoms with van der Waals surface area (Å²) in [4.78, 5) is 1.77. The van der Waals surface area contributed by atoms with Gasteiger partial charge in [0.1, 0.15) is 0 Å². The van der Waals surface area contributed by atoms with Crippen molar-refractivity contribution in [3.8, 4) is 0 Å². The summed E-state index contributed by atoms with van der Waals surface area (Å²) in [5, 5.41) is 9.38. The van der Waals surface area contributed by atoms with E-state index in [-0.39, 0.29) is 0 Å². The molecule has 2 fully saturated rings. The maximum atomic E-state index is 9.38. The van der Waals surface area contributed by atoms with Gasteiger partial charge in [0.25, 0.3) is 0 Å². The molecule has 13 heavy (non-hydrogen) atoms. The molecule has 0 aromatic heterocycles. The number of piperidine rings is 2. The molecule has 3 atom stereocenters. The lowest BCUT2D eigenvalue weighted by atomic mass is 9.73. The summed E-state index contributed by atoms with van der Waals surface area (Å²) < 4.78 is 0. The number of fused-ring (bicyclic) bond motifs is 1. The summed E-state index contributed by atoms with van der Waals surface area (Å²) in [5.74, 6) is 0.566. The lowest BCUT2D eigenvalue weighted by Gasteiger charge is -2.49. The van der Waals surface area contributed by atoms with Crippen LogP contribution in [0.25, 0.3) is 0 Å². The third-order valence-corrected chi connectivity index (χ3v) is 4.38. The van der Waals surface area contributed by atoms with Crippen LogP contribution in [0.5, 0.6) is 0 Å². The van der Waals surface area contributed by atoms with Crippen LogP contribution in [0.2, 0.25) is 0 Å². The molecule has 2 saturated heterocycles. The fourth-order valence-electron chi connectivity index (χ4n) is 3.37. The largest absolute Gasteiger partial charge is 0.396 e. The molecular formula is C11H22NO+. The number of rotatable bonds is 1. The van der Waals surface area contributed by atoms with E-state index in [1.165, 1.54) is 45.2 Å². The monoisotopic (exact) mass is 184 g/mol. The standard InChI is InChI=1S/C11H21NO/c1-11-6-2-3-7-12(11)8-4-5-10(11)9-13/h10,13H,2-9H2,1H3/p+1. The maximum absolute atomic E-state index is 9.38. The van der Waals surface area contributed by atoms with E-state index in [1.54, 1.807) is 4.90 Å². The average Bonchev–Trinajstić information content (AvgIpc) is 2.16. The van der Waals surface area contributed by atoms with E-state index in [0.717, 1.165) is 0 Å². The Hall–Kier alpha value is -0.0800. The molecule has 0 saturated carbocycles. The van der Waals surface area contributed by atoms with Crippen molar-refractivity contribution in [2.24, 2.45) is 5.92 Å². The molecule has 2 aliphatic heterocycles. The molecule has 0 aromatic rings. The molecule has 0 aliphatic carbocycles. The van der Waals surface area contributed by atoms with Crippen molar-refractivity contribution in [2.75, 3.05) is 19.7 Å². The summed E-state index contributed by atoms with van der Waals surface area (Å²) in [5.41, 5.74) is 0.408. The van der Waals surface area contributed by atoms with Gasteiger partial charge in [0.05, 0.1) is 25.2 Å². The number of hydrogen-bond donors (Lipinski definition) is 2. The second-order valence-corrected chi connectivity index (χ2v) is 5.00. The van der Waals surface area contributed by atoms with Crippen molar-refractivity contribution in [3.63, 3.8) is 0 Å². The van der Waals surface area contributed by atoms with E-state index in [9.17, 15) is 5.11 Å². The predicted octanol–water partition coefficient (Wildman–Crippen LogP) is 0.216. The van der Waals surface area contributed by atoms with Crippen LogP contribution in [0, 0.1) is 5.92 Å². The van der Waals surface area contributed by atoms with Crippen molar-refractivity contribution in [3.05, 3.63) is 0 Å². The predicted molar refractivity (Wildman–Crippen MR) is 52.8 cm³/mol. The first-order valence-electron chi connectivity index (χ1n) is 5.73. The van der Waals surface area contributed by atoms with Crippen LogP contribution < -0.4 is 4.90 Å². The fourth-order valence-corrected chi connectivity index (χ4v) is 3.37. The lowest BCUT2D eigenvalue weighted by molar-refractivity contribution is -0.966. The fraction of sp³-hybridized carbons (Fsp3) is 1.00. The zero-order valence-corrected chi connectivity index (χ0v) is 8.68. The summed E-state index contributed by atoms with van der Waals surface area (Å²) in [6, 6.07) is 0. The van der Waals surface area contributed by atoms with E-state index in [2.05, 4.69) is 6.92 Å². The summed E-state index contributed by atoms with van der Waals surface area (Å²) in [6.07, 6.45) is 6.65. The quantitative estimate of drug-likeness (QED) is 0.598. The normalized spacial score (nSPS) is 45.7. The highest BCUT2D eigenvalue weighted by Crippen LogP contribution is 2.29. The number of nitrogens with one attached hydrogen (secondary N) is 1. The van der Waals surface area contributed by atoms with Gasteiger partial charge < -0.3 is 10.0 Å². The van der Waals surface area contributed by atoms with Gasteiger partial charge in [-0.3, -0.25) is 0 Å². The van der Waals surface area contributed by atoms with Crippen molar-refractivity contribution >= 4 is 0 Å². The van der Waals surface area contributed by atoms with Crippen molar-refractivity contribution in [1.29, 1.82) is 0 Å². The molecule has 2 heterocycles. The Bertz CT molecular complexity index is 172. The van der Waals surface area contributed by atoms with Crippen LogP contribution in [0.15, 0.2) is 0 Å². The highest BCUT2D eigenvalue weighted by molar-refractivity contribution is 4.86. The van der Waals surface area contributed by atoms with E-state index < -0.39 is 0 Å². The first-order chi connectivity index (χ1) is 6.27. The molecule has 2 nitrogen and oxygen atoms in total. The number of aliphatic hydroxyl groups is 1. The third-order valence-electron chi connectivity index (χ3n) is 4.38. The Morgan fingerprint density at radius 2 is 2.08 bits per heavy atom. The van der Waals surface area contributed by atoms with Gasteiger partial charge in [-0.2, -0.15) is 0 Å². The smallest absolute Gasteiger partial charge is 0.0999 e. The van der Waals surface area contributed by atoms with Gasteiger partial charge in [0, 0.05) is 12.3 Å². The molecule has 2 rings (SSSR count). The molecule has 0 bridgehead atoms. The minimum atomic E-state index is 0.403. The molecule has 76 valence electrons. The SMILES string of the molecule is CC12CCCC[NH+]1CCCC2CO. The highest BCUT2D eigenvalue weighted by atomic mass is 16.3. The highest BCUT2D eigenvalue weighted by Gasteiger charge is 2.46. The third kappa shape index (κ3) is 1.50. The molecule has 0 aromatic carbocycles. The van der Waals surface area contributed by atoms with Gasteiger partial charge in [0.15, 0.2) is 0 Å². The Morgan fingerprint density at radius 3 is 2.85 bits per heavy atom. The minimum absolute atomic E-state index is 0.403. The molecule has 0 radical (unpaired) electrons. The van der Waals surface area contributed by atoms with Crippen LogP contribution in [-0.4, -0.2) is 30.3 Å². The van der Waals surface area contributed by atoms with E-state index in [0.29, 0.717) is 18.1 Å². The van der Waals surface area contributed by atoms with E-state index >= 15 is 0 Å². The van der Waals surface area contributed by atoms with Gasteiger partial charge in [-0.25, -0.2) is 0 Å². The zero-order valence-electron chi connectivity index (χ0n) is 8.68. The lowest BCUT2D eigenvalue weighted by Crippen LogP contribution is -3.22. The molecule has 2 N–H and O–H groups in total. The maximum Gasteiger partial charge on any atom is 0.0999 e. The van der Waals surface area contributed by atoms with Crippen LogP contribution in [0.1, 0.15) is 39.0 Å². The van der Waals surface area contributed by atoms with Crippen LogP contribution in [0.4, 0.5) is 0 Å². The number of quaternary nitrogens is 1. The molecule has 3 unspecified atom stereocenters. The molecular weight excluding hydrogens is 162 g/mol. The van der Waals surface area contributed by atoms with Crippen LogP contribution >= 0.6 is 0 Å². The zero-order chi connectivity index (χ0) is 9.31. The topological polar surface area (TPSA) is 24.7 Å². The van der Waals surface area contributed by atoms with Crippen LogP contribution in [-0.2, 0) is 0 Å². The van der Waals surface area contributed by atoms with Gasteiger partial charge in [-0.1, -0.05) is 0 Å². The summed E-state index contributed by atoms with van der Waals surface area (Å²) in [6.45, 7) is 5.47. The molecule has 2 aliphatic rings. The number of aliphatic hydroxyl groups excluding tert-OH is 1. The first kappa shape index (κ1) is 9.47. The van der Waals surface area contributed by atoms with Gasteiger partial charge >= 0.3 is 0 Å². The van der Waals surface area contributed by atoms with Crippen LogP contribution in [0.3, 0.4) is 0 Å². The van der Waals surface area contributed by atoms with Crippen molar-refractivity contribution in [1.82, 2.24) is 0 Å². The van der Waals surface area contributed by atoms with E-state index in [1.807, 2.05) is 0 Å². The van der Waals surface area contributed by atoms with E-state index in [4.69, 9.17) is 0 Å². The first-order valence-corrected chi connectivity index (χ1v) is 5.73. The second-order valence-electron chi connectivity index (χ2n) is 5.00. The minimum Gasteiger partial charge on any atom is -0.396 e. The Labute approximate surface area is 80.9 Å². The molecule has 0 spiro atoms. The Kier molecular flexibility index (Phi) is 2.61. The van der Waals surface area contributed by atoms with Gasteiger partial charge in [-0.15, -0.1) is 0 Å². The van der Waals surface area contributed by atoms with Gasteiger partial charge in [-0.05, 0) is 32.6 Å². The summed E-state index contributed by atoms with van der Waals surface area (Å²) in [7, 11) is 0. The summed E-state index contributed by atoms with van der Waals surface area (Å²) >= 11 is 0. The van der Waals surface area contributed by atoms with Gasteiger partial charge in [0.2, 0.25) is 0 Å². The molecule has 0 amide bonds. The Balaban J connectivity index is 2.14. The Morgan fingerprint density at radius 1 is 1.31 bits per heavy atom. The average molecular weight is 184 g/mol. The second kappa shape index (κ2) is 3.58. The number of hydrogen-bond acceptors (Lipinski definition) is 1. The van der Waals surface area contributed by atoms with Crippen molar-refractivity contribution < 1.29 is 10.0 Å². The molecule has 2 heteroatoms. The van der Waals surface area contributed by atoms with Crippen molar-refractivity contribution in [2.45, 2.75) is 44.6 Å².